The molecule has 140 valence electrons. The SMILES string of the molecule is CCc1nc(CC(=O)NCC(Cc2ccc3ccccc3c2)C(=O)O)cs1. The molecule has 0 fully saturated rings. The summed E-state index contributed by atoms with van der Waals surface area (Å²) in [6.45, 7) is 2.12. The highest BCUT2D eigenvalue weighted by molar-refractivity contribution is 7.09. The molecule has 5 nitrogen and oxygen atoms in total. The molecule has 3 rings (SSSR count). The summed E-state index contributed by atoms with van der Waals surface area (Å²) in [5, 5.41) is 17.3. The van der Waals surface area contributed by atoms with Crippen LogP contribution < -0.4 is 5.32 Å². The number of carbonyl (C=O) groups is 2. The first-order valence-electron chi connectivity index (χ1n) is 8.95. The van der Waals surface area contributed by atoms with Crippen LogP contribution in [0.1, 0.15) is 23.2 Å². The molecule has 1 aromatic heterocycles. The Morgan fingerprint density at radius 2 is 1.96 bits per heavy atom. The molecule has 1 amide bonds. The van der Waals surface area contributed by atoms with Crippen molar-refractivity contribution in [2.75, 3.05) is 6.54 Å². The van der Waals surface area contributed by atoms with Gasteiger partial charge in [-0.1, -0.05) is 49.4 Å². The van der Waals surface area contributed by atoms with Gasteiger partial charge in [-0.2, -0.15) is 0 Å². The van der Waals surface area contributed by atoms with Gasteiger partial charge < -0.3 is 10.4 Å². The zero-order chi connectivity index (χ0) is 19.2. The molecule has 0 radical (unpaired) electrons. The van der Waals surface area contributed by atoms with Gasteiger partial charge in [0.2, 0.25) is 5.91 Å². The fourth-order valence-corrected chi connectivity index (χ4v) is 3.70. The maximum absolute atomic E-state index is 12.1. The van der Waals surface area contributed by atoms with Gasteiger partial charge in [0.25, 0.3) is 0 Å². The highest BCUT2D eigenvalue weighted by atomic mass is 32.1. The average Bonchev–Trinajstić information content (AvgIpc) is 3.12. The van der Waals surface area contributed by atoms with Crippen molar-refractivity contribution in [1.82, 2.24) is 10.3 Å². The molecule has 3 aromatic rings. The Kier molecular flexibility index (Phi) is 6.19. The second kappa shape index (κ2) is 8.77. The van der Waals surface area contributed by atoms with Crippen molar-refractivity contribution in [2.24, 2.45) is 5.92 Å². The highest BCUT2D eigenvalue weighted by Gasteiger charge is 2.19. The fourth-order valence-electron chi connectivity index (χ4n) is 2.95. The lowest BCUT2D eigenvalue weighted by Crippen LogP contribution is -2.35. The highest BCUT2D eigenvalue weighted by Crippen LogP contribution is 2.18. The molecule has 0 aliphatic carbocycles. The van der Waals surface area contributed by atoms with Crippen LogP contribution in [0.3, 0.4) is 0 Å². The summed E-state index contributed by atoms with van der Waals surface area (Å²) in [5.74, 6) is -1.78. The number of thiazole rings is 1. The van der Waals surface area contributed by atoms with Crippen molar-refractivity contribution in [1.29, 1.82) is 0 Å². The number of rotatable bonds is 8. The topological polar surface area (TPSA) is 79.3 Å². The van der Waals surface area contributed by atoms with Crippen LogP contribution in [0.4, 0.5) is 0 Å². The molecule has 1 atom stereocenters. The standard InChI is InChI=1S/C21H22N2O3S/c1-2-20-23-18(13-27-20)11-19(24)22-12-17(21(25)26)10-14-7-8-15-5-3-4-6-16(15)9-14/h3-9,13,17H,2,10-12H2,1H3,(H,22,24)(H,25,26). The van der Waals surface area contributed by atoms with Crippen molar-refractivity contribution in [3.05, 3.63) is 64.1 Å². The summed E-state index contributed by atoms with van der Waals surface area (Å²) in [5.41, 5.74) is 1.68. The van der Waals surface area contributed by atoms with E-state index in [4.69, 9.17) is 0 Å². The molecule has 0 spiro atoms. The predicted octanol–water partition coefficient (Wildman–Crippen LogP) is 3.46. The summed E-state index contributed by atoms with van der Waals surface area (Å²) in [4.78, 5) is 28.1. The lowest BCUT2D eigenvalue weighted by molar-refractivity contribution is -0.141. The smallest absolute Gasteiger partial charge is 0.308 e. The van der Waals surface area contributed by atoms with Crippen LogP contribution in [0.2, 0.25) is 0 Å². The van der Waals surface area contributed by atoms with Gasteiger partial charge in [0.05, 0.1) is 23.0 Å². The number of aliphatic carboxylic acids is 1. The lowest BCUT2D eigenvalue weighted by atomic mass is 9.97. The van der Waals surface area contributed by atoms with E-state index in [0.717, 1.165) is 33.5 Å². The van der Waals surface area contributed by atoms with E-state index in [2.05, 4.69) is 10.3 Å². The number of carboxylic acid groups (broad SMARTS) is 1. The fraction of sp³-hybridized carbons (Fsp3) is 0.286. The van der Waals surface area contributed by atoms with Crippen LogP contribution in [0.15, 0.2) is 47.8 Å². The monoisotopic (exact) mass is 382 g/mol. The minimum Gasteiger partial charge on any atom is -0.481 e. The largest absolute Gasteiger partial charge is 0.481 e. The Balaban J connectivity index is 1.59. The Labute approximate surface area is 162 Å². The molecule has 0 aliphatic rings. The minimum absolute atomic E-state index is 0.103. The van der Waals surface area contributed by atoms with E-state index in [0.29, 0.717) is 6.42 Å². The van der Waals surface area contributed by atoms with Crippen LogP contribution in [-0.2, 0) is 28.9 Å². The van der Waals surface area contributed by atoms with Gasteiger partial charge in [-0.25, -0.2) is 4.98 Å². The van der Waals surface area contributed by atoms with E-state index in [9.17, 15) is 14.7 Å². The molecule has 2 N–H and O–H groups in total. The van der Waals surface area contributed by atoms with Crippen LogP contribution in [0, 0.1) is 5.92 Å². The molecular weight excluding hydrogens is 360 g/mol. The normalized spacial score (nSPS) is 12.0. The maximum atomic E-state index is 12.1. The Hall–Kier alpha value is -2.73. The third-order valence-corrected chi connectivity index (χ3v) is 5.48. The molecule has 27 heavy (non-hydrogen) atoms. The number of amides is 1. The third-order valence-electron chi connectivity index (χ3n) is 4.43. The van der Waals surface area contributed by atoms with Gasteiger partial charge in [-0.15, -0.1) is 11.3 Å². The first kappa shape index (κ1) is 19.0. The average molecular weight is 382 g/mol. The van der Waals surface area contributed by atoms with E-state index >= 15 is 0 Å². The van der Waals surface area contributed by atoms with E-state index in [1.807, 2.05) is 54.8 Å². The number of nitrogens with one attached hydrogen (secondary N) is 1. The van der Waals surface area contributed by atoms with Crippen molar-refractivity contribution in [3.8, 4) is 0 Å². The zero-order valence-electron chi connectivity index (χ0n) is 15.1. The van der Waals surface area contributed by atoms with E-state index < -0.39 is 11.9 Å². The third kappa shape index (κ3) is 5.14. The molecule has 0 bridgehead atoms. The lowest BCUT2D eigenvalue weighted by Gasteiger charge is -2.14. The molecular formula is C21H22N2O3S. The van der Waals surface area contributed by atoms with Gasteiger partial charge in [-0.05, 0) is 29.2 Å². The first-order chi connectivity index (χ1) is 13.0. The van der Waals surface area contributed by atoms with Gasteiger partial charge in [-0.3, -0.25) is 9.59 Å². The quantitative estimate of drug-likeness (QED) is 0.625. The Morgan fingerprint density at radius 1 is 1.19 bits per heavy atom. The molecule has 1 heterocycles. The molecule has 0 saturated heterocycles. The number of carboxylic acids is 1. The Bertz CT molecular complexity index is 951. The number of hydrogen-bond donors (Lipinski definition) is 2. The second-order valence-corrected chi connectivity index (χ2v) is 7.43. The maximum Gasteiger partial charge on any atom is 0.308 e. The molecule has 2 aromatic carbocycles. The van der Waals surface area contributed by atoms with Crippen molar-refractivity contribution < 1.29 is 14.7 Å². The van der Waals surface area contributed by atoms with Gasteiger partial charge in [0, 0.05) is 11.9 Å². The van der Waals surface area contributed by atoms with Crippen LogP contribution in [-0.4, -0.2) is 28.5 Å². The zero-order valence-corrected chi connectivity index (χ0v) is 16.0. The molecule has 1 unspecified atom stereocenters. The molecule has 6 heteroatoms. The van der Waals surface area contributed by atoms with Gasteiger partial charge >= 0.3 is 5.97 Å². The summed E-state index contributed by atoms with van der Waals surface area (Å²) >= 11 is 1.54. The van der Waals surface area contributed by atoms with Gasteiger partial charge in [0.15, 0.2) is 0 Å². The van der Waals surface area contributed by atoms with Crippen LogP contribution >= 0.6 is 11.3 Å². The van der Waals surface area contributed by atoms with Crippen LogP contribution in [0.5, 0.6) is 0 Å². The number of nitrogens with zero attached hydrogens (tertiary/aromatic N) is 1. The number of fused-ring (bicyclic) bond motifs is 1. The number of carbonyl (C=O) groups excluding carboxylic acids is 1. The first-order valence-corrected chi connectivity index (χ1v) is 9.83. The van der Waals surface area contributed by atoms with E-state index in [1.54, 1.807) is 0 Å². The minimum atomic E-state index is -0.912. The summed E-state index contributed by atoms with van der Waals surface area (Å²) in [6, 6.07) is 13.9. The molecule has 0 saturated carbocycles. The second-order valence-electron chi connectivity index (χ2n) is 6.49. The summed E-state index contributed by atoms with van der Waals surface area (Å²) < 4.78 is 0. The van der Waals surface area contributed by atoms with Crippen molar-refractivity contribution in [2.45, 2.75) is 26.2 Å². The summed E-state index contributed by atoms with van der Waals surface area (Å²) in [6.07, 6.45) is 1.40. The number of hydrogen-bond acceptors (Lipinski definition) is 4. The number of aryl methyl sites for hydroxylation is 1. The number of benzene rings is 2. The van der Waals surface area contributed by atoms with Crippen LogP contribution in [0.25, 0.3) is 10.8 Å². The van der Waals surface area contributed by atoms with Crippen molar-refractivity contribution >= 4 is 34.0 Å². The molecule has 0 aliphatic heterocycles. The van der Waals surface area contributed by atoms with Crippen molar-refractivity contribution in [3.63, 3.8) is 0 Å². The number of aromatic nitrogens is 1. The van der Waals surface area contributed by atoms with E-state index in [1.165, 1.54) is 11.3 Å². The van der Waals surface area contributed by atoms with E-state index in [-0.39, 0.29) is 18.9 Å². The Morgan fingerprint density at radius 3 is 2.67 bits per heavy atom. The predicted molar refractivity (Wildman–Crippen MR) is 107 cm³/mol. The summed E-state index contributed by atoms with van der Waals surface area (Å²) in [7, 11) is 0. The van der Waals surface area contributed by atoms with Gasteiger partial charge in [0.1, 0.15) is 0 Å².